The third kappa shape index (κ3) is 3.52. The second kappa shape index (κ2) is 6.13. The Balaban J connectivity index is 1.45. The van der Waals surface area contributed by atoms with Crippen LogP contribution in [0.1, 0.15) is 77.6 Å². The van der Waals surface area contributed by atoms with Crippen LogP contribution in [0.5, 0.6) is 0 Å². The van der Waals surface area contributed by atoms with E-state index in [9.17, 15) is 0 Å². The number of piperidine rings is 1. The SMILES string of the molecule is CC1(NCC2CCC3CCCCC3N2)CCCCC1. The first-order valence-corrected chi connectivity index (χ1v) is 8.76. The third-order valence-corrected chi connectivity index (χ3v) is 5.98. The molecule has 1 saturated heterocycles. The van der Waals surface area contributed by atoms with Gasteiger partial charge in [0.2, 0.25) is 0 Å². The largest absolute Gasteiger partial charge is 0.310 e. The van der Waals surface area contributed by atoms with Gasteiger partial charge in [-0.15, -0.1) is 0 Å². The molecule has 2 heteroatoms. The number of hydrogen-bond acceptors (Lipinski definition) is 2. The minimum absolute atomic E-state index is 0.434. The van der Waals surface area contributed by atoms with Crippen LogP contribution in [0.15, 0.2) is 0 Å². The molecule has 2 nitrogen and oxygen atoms in total. The monoisotopic (exact) mass is 264 g/mol. The quantitative estimate of drug-likeness (QED) is 0.813. The predicted molar refractivity (Wildman–Crippen MR) is 81.4 cm³/mol. The zero-order valence-electron chi connectivity index (χ0n) is 12.7. The van der Waals surface area contributed by atoms with Gasteiger partial charge >= 0.3 is 0 Å². The van der Waals surface area contributed by atoms with Crippen molar-refractivity contribution in [2.45, 2.75) is 95.2 Å². The van der Waals surface area contributed by atoms with E-state index < -0.39 is 0 Å². The normalized spacial score (nSPS) is 38.7. The van der Waals surface area contributed by atoms with Gasteiger partial charge in [-0.2, -0.15) is 0 Å². The van der Waals surface area contributed by atoms with Crippen molar-refractivity contribution in [2.24, 2.45) is 5.92 Å². The van der Waals surface area contributed by atoms with E-state index in [0.29, 0.717) is 5.54 Å². The Bertz CT molecular complexity index is 283. The average Bonchev–Trinajstić information content (AvgIpc) is 2.46. The van der Waals surface area contributed by atoms with Crippen LogP contribution in [-0.4, -0.2) is 24.2 Å². The molecule has 110 valence electrons. The molecule has 3 unspecified atom stereocenters. The first-order chi connectivity index (χ1) is 9.25. The van der Waals surface area contributed by atoms with Crippen LogP contribution in [0.3, 0.4) is 0 Å². The van der Waals surface area contributed by atoms with Gasteiger partial charge in [-0.05, 0) is 51.4 Å². The Hall–Kier alpha value is -0.0800. The van der Waals surface area contributed by atoms with Crippen LogP contribution in [0.4, 0.5) is 0 Å². The summed E-state index contributed by atoms with van der Waals surface area (Å²) in [6, 6.07) is 1.58. The van der Waals surface area contributed by atoms with Crippen molar-refractivity contribution in [1.82, 2.24) is 10.6 Å². The highest BCUT2D eigenvalue weighted by Gasteiger charge is 2.33. The minimum atomic E-state index is 0.434. The number of rotatable bonds is 3. The zero-order chi connectivity index (χ0) is 13.1. The molecule has 0 bridgehead atoms. The van der Waals surface area contributed by atoms with E-state index in [1.807, 2.05) is 0 Å². The Kier molecular flexibility index (Phi) is 4.48. The van der Waals surface area contributed by atoms with Crippen molar-refractivity contribution in [1.29, 1.82) is 0 Å². The lowest BCUT2D eigenvalue weighted by Crippen LogP contribution is -2.55. The van der Waals surface area contributed by atoms with Crippen molar-refractivity contribution in [2.75, 3.05) is 6.54 Å². The zero-order valence-corrected chi connectivity index (χ0v) is 12.7. The molecule has 0 amide bonds. The summed E-state index contributed by atoms with van der Waals surface area (Å²) in [5, 5.41) is 7.85. The highest BCUT2D eigenvalue weighted by atomic mass is 15.1. The van der Waals surface area contributed by atoms with Gasteiger partial charge in [0.05, 0.1) is 0 Å². The highest BCUT2D eigenvalue weighted by Crippen LogP contribution is 2.32. The van der Waals surface area contributed by atoms with E-state index in [1.165, 1.54) is 77.2 Å². The van der Waals surface area contributed by atoms with Crippen molar-refractivity contribution < 1.29 is 0 Å². The molecule has 0 aromatic rings. The van der Waals surface area contributed by atoms with E-state index in [4.69, 9.17) is 0 Å². The van der Waals surface area contributed by atoms with Gasteiger partial charge in [0.15, 0.2) is 0 Å². The second-order valence-corrected chi connectivity index (χ2v) is 7.59. The summed E-state index contributed by atoms with van der Waals surface area (Å²) in [7, 11) is 0. The molecule has 1 aliphatic heterocycles. The van der Waals surface area contributed by atoms with Crippen molar-refractivity contribution in [3.8, 4) is 0 Å². The van der Waals surface area contributed by atoms with Gasteiger partial charge in [0.1, 0.15) is 0 Å². The Labute approximate surface area is 119 Å². The topological polar surface area (TPSA) is 24.1 Å². The summed E-state index contributed by atoms with van der Waals surface area (Å²) < 4.78 is 0. The van der Waals surface area contributed by atoms with Crippen LogP contribution in [-0.2, 0) is 0 Å². The standard InChI is InChI=1S/C17H32N2/c1-17(11-5-2-6-12-17)18-13-15-10-9-14-7-3-4-8-16(14)19-15/h14-16,18-19H,2-13H2,1H3. The molecule has 0 spiro atoms. The summed E-state index contributed by atoms with van der Waals surface area (Å²) in [6.45, 7) is 3.64. The number of nitrogens with one attached hydrogen (secondary N) is 2. The van der Waals surface area contributed by atoms with Gasteiger partial charge < -0.3 is 10.6 Å². The molecule has 3 fully saturated rings. The van der Waals surface area contributed by atoms with E-state index in [-0.39, 0.29) is 0 Å². The molecule has 2 N–H and O–H groups in total. The van der Waals surface area contributed by atoms with Gasteiger partial charge in [0.25, 0.3) is 0 Å². The van der Waals surface area contributed by atoms with E-state index in [1.54, 1.807) is 0 Å². The van der Waals surface area contributed by atoms with Crippen LogP contribution < -0.4 is 10.6 Å². The molecule has 3 atom stereocenters. The number of hydrogen-bond donors (Lipinski definition) is 2. The Morgan fingerprint density at radius 1 is 0.947 bits per heavy atom. The molecule has 19 heavy (non-hydrogen) atoms. The maximum atomic E-state index is 3.95. The van der Waals surface area contributed by atoms with Gasteiger partial charge in [-0.3, -0.25) is 0 Å². The van der Waals surface area contributed by atoms with Crippen molar-refractivity contribution in [3.63, 3.8) is 0 Å². The van der Waals surface area contributed by atoms with E-state index >= 15 is 0 Å². The summed E-state index contributed by atoms with van der Waals surface area (Å²) in [6.07, 6.45) is 15.8. The molecule has 0 radical (unpaired) electrons. The first-order valence-electron chi connectivity index (χ1n) is 8.76. The lowest BCUT2D eigenvalue weighted by Gasteiger charge is -2.42. The minimum Gasteiger partial charge on any atom is -0.310 e. The second-order valence-electron chi connectivity index (χ2n) is 7.59. The van der Waals surface area contributed by atoms with Gasteiger partial charge in [-0.25, -0.2) is 0 Å². The first kappa shape index (κ1) is 13.9. The average molecular weight is 264 g/mol. The third-order valence-electron chi connectivity index (χ3n) is 5.98. The van der Waals surface area contributed by atoms with Crippen LogP contribution in [0, 0.1) is 5.92 Å². The summed E-state index contributed by atoms with van der Waals surface area (Å²) in [4.78, 5) is 0. The van der Waals surface area contributed by atoms with Crippen molar-refractivity contribution in [3.05, 3.63) is 0 Å². The van der Waals surface area contributed by atoms with Gasteiger partial charge in [0, 0.05) is 24.2 Å². The predicted octanol–water partition coefficient (Wildman–Crippen LogP) is 3.61. The maximum absolute atomic E-state index is 3.95. The van der Waals surface area contributed by atoms with E-state index in [2.05, 4.69) is 17.6 Å². The number of fused-ring (bicyclic) bond motifs is 1. The Morgan fingerprint density at radius 3 is 2.58 bits per heavy atom. The molecule has 0 aromatic carbocycles. The maximum Gasteiger partial charge on any atom is 0.0195 e. The molecular formula is C17H32N2. The summed E-state index contributed by atoms with van der Waals surface area (Å²) >= 11 is 0. The van der Waals surface area contributed by atoms with Gasteiger partial charge in [-0.1, -0.05) is 32.1 Å². The lowest BCUT2D eigenvalue weighted by atomic mass is 9.77. The molecule has 1 heterocycles. The highest BCUT2D eigenvalue weighted by molar-refractivity contribution is 4.93. The molecule has 0 aromatic heterocycles. The molecule has 3 rings (SSSR count). The lowest BCUT2D eigenvalue weighted by molar-refractivity contribution is 0.161. The molecule has 2 aliphatic carbocycles. The Morgan fingerprint density at radius 2 is 1.74 bits per heavy atom. The van der Waals surface area contributed by atoms with Crippen LogP contribution in [0.2, 0.25) is 0 Å². The molecule has 2 saturated carbocycles. The fourth-order valence-corrected chi connectivity index (χ4v) is 4.61. The summed E-state index contributed by atoms with van der Waals surface area (Å²) in [5.41, 5.74) is 0.434. The fourth-order valence-electron chi connectivity index (χ4n) is 4.61. The van der Waals surface area contributed by atoms with E-state index in [0.717, 1.165) is 18.0 Å². The molecule has 3 aliphatic rings. The summed E-state index contributed by atoms with van der Waals surface area (Å²) in [5.74, 6) is 0.996. The fraction of sp³-hybridized carbons (Fsp3) is 1.00. The molecular weight excluding hydrogens is 232 g/mol. The smallest absolute Gasteiger partial charge is 0.0195 e. The van der Waals surface area contributed by atoms with Crippen molar-refractivity contribution >= 4 is 0 Å². The van der Waals surface area contributed by atoms with Crippen LogP contribution in [0.25, 0.3) is 0 Å². The van der Waals surface area contributed by atoms with Crippen LogP contribution >= 0.6 is 0 Å².